The van der Waals surface area contributed by atoms with Crippen molar-refractivity contribution >= 4 is 5.97 Å². The molecule has 3 nitrogen and oxygen atoms in total. The van der Waals surface area contributed by atoms with Crippen molar-refractivity contribution in [1.82, 2.24) is 0 Å². The first kappa shape index (κ1) is 30.6. The highest BCUT2D eigenvalue weighted by molar-refractivity contribution is 5.63. The molecule has 0 unspecified atom stereocenters. The molecular formula is C26H55NO2. The number of carbonyl (C=O) groups is 1. The van der Waals surface area contributed by atoms with Gasteiger partial charge in [0.05, 0.1) is 6.54 Å². The Morgan fingerprint density at radius 3 is 1.07 bits per heavy atom. The highest BCUT2D eigenvalue weighted by atomic mass is 16.4. The second-order valence-corrected chi connectivity index (χ2v) is 8.69. The number of carboxylic acid groups (broad SMARTS) is 1. The minimum atomic E-state index is -0.909. The predicted octanol–water partition coefficient (Wildman–Crippen LogP) is 6.59. The molecule has 3 heteroatoms. The minimum Gasteiger partial charge on any atom is -0.550 e. The van der Waals surface area contributed by atoms with Crippen molar-refractivity contribution in [3.63, 3.8) is 0 Å². The zero-order chi connectivity index (χ0) is 21.8. The summed E-state index contributed by atoms with van der Waals surface area (Å²) in [6, 6.07) is 0. The summed E-state index contributed by atoms with van der Waals surface area (Å²) < 4.78 is 0. The van der Waals surface area contributed by atoms with Gasteiger partial charge in [0, 0.05) is 5.97 Å². The topological polar surface area (TPSA) is 67.8 Å². The lowest BCUT2D eigenvalue weighted by Gasteiger charge is -2.02. The maximum Gasteiger partial charge on any atom is 0.0739 e. The molecule has 0 saturated heterocycles. The average molecular weight is 414 g/mol. The summed E-state index contributed by atoms with van der Waals surface area (Å²) in [6.07, 6.45) is 28.4. The summed E-state index contributed by atoms with van der Waals surface area (Å²) in [5.74, 6) is -0.909. The monoisotopic (exact) mass is 413 g/mol. The van der Waals surface area contributed by atoms with E-state index in [0.29, 0.717) is 0 Å². The van der Waals surface area contributed by atoms with Crippen LogP contribution in [0.4, 0.5) is 0 Å². The van der Waals surface area contributed by atoms with Crippen LogP contribution in [0, 0.1) is 0 Å². The minimum absolute atomic E-state index is 0.232. The molecule has 0 aromatic carbocycles. The fraction of sp³-hybridized carbons (Fsp3) is 0.962. The first-order chi connectivity index (χ1) is 14.2. The summed E-state index contributed by atoms with van der Waals surface area (Å²) in [5.41, 5.74) is 3.87. The van der Waals surface area contributed by atoms with Gasteiger partial charge < -0.3 is 15.6 Å². The Morgan fingerprint density at radius 2 is 0.793 bits per heavy atom. The number of unbranched alkanes of at least 4 members (excludes halogenated alkanes) is 19. The molecule has 0 saturated carbocycles. The standard InChI is InChI=1S/C14H31N.C12H24O2/c1-2-3-4-5-6-7-8-9-10-11-12-13-14-15;1-2-3-4-5-6-7-8-9-10-11-12(13)14/h2-15H2,1H3;2-11H2,1H3,(H,13,14). The molecule has 0 aromatic rings. The average Bonchev–Trinajstić information content (AvgIpc) is 2.71. The van der Waals surface area contributed by atoms with Gasteiger partial charge in [-0.05, 0) is 25.7 Å². The summed E-state index contributed by atoms with van der Waals surface area (Å²) in [5, 5.41) is 10.1. The maximum atomic E-state index is 10.1. The molecule has 0 radical (unpaired) electrons. The second kappa shape index (κ2) is 29.6. The molecule has 0 aromatic heterocycles. The van der Waals surface area contributed by atoms with E-state index < -0.39 is 5.97 Å². The molecule has 0 bridgehead atoms. The number of quaternary nitrogens is 1. The van der Waals surface area contributed by atoms with Gasteiger partial charge in [-0.1, -0.05) is 129 Å². The molecule has 176 valence electrons. The van der Waals surface area contributed by atoms with E-state index in [0.717, 1.165) is 19.4 Å². The van der Waals surface area contributed by atoms with Crippen LogP contribution in [0.15, 0.2) is 0 Å². The highest BCUT2D eigenvalue weighted by Gasteiger charge is 1.93. The Kier molecular flexibility index (Phi) is 31.3. The third-order valence-corrected chi connectivity index (χ3v) is 5.59. The number of hydrogen-bond donors (Lipinski definition) is 1. The van der Waals surface area contributed by atoms with Crippen LogP contribution in [0.25, 0.3) is 0 Å². The molecule has 0 heterocycles. The Hall–Kier alpha value is -0.570. The van der Waals surface area contributed by atoms with Crippen LogP contribution >= 0.6 is 0 Å². The third-order valence-electron chi connectivity index (χ3n) is 5.59. The quantitative estimate of drug-likeness (QED) is 0.203. The van der Waals surface area contributed by atoms with Crippen molar-refractivity contribution in [1.29, 1.82) is 0 Å². The van der Waals surface area contributed by atoms with Gasteiger partial charge in [0.15, 0.2) is 0 Å². The van der Waals surface area contributed by atoms with Gasteiger partial charge in [0.1, 0.15) is 0 Å². The molecule has 3 N–H and O–H groups in total. The fourth-order valence-electron chi connectivity index (χ4n) is 3.60. The zero-order valence-electron chi connectivity index (χ0n) is 20.3. The third kappa shape index (κ3) is 35.3. The van der Waals surface area contributed by atoms with Crippen molar-refractivity contribution in [2.24, 2.45) is 0 Å². The number of aliphatic carboxylic acids is 1. The van der Waals surface area contributed by atoms with Crippen molar-refractivity contribution in [3.8, 4) is 0 Å². The van der Waals surface area contributed by atoms with E-state index in [1.54, 1.807) is 0 Å². The van der Waals surface area contributed by atoms with E-state index in [1.807, 2.05) is 0 Å². The maximum absolute atomic E-state index is 10.1. The van der Waals surface area contributed by atoms with Crippen molar-refractivity contribution in [2.75, 3.05) is 6.54 Å². The van der Waals surface area contributed by atoms with E-state index >= 15 is 0 Å². The summed E-state index contributed by atoms with van der Waals surface area (Å²) in [4.78, 5) is 10.1. The number of rotatable bonds is 22. The SMILES string of the molecule is CCCCCCCCCCCC(=O)[O-].CCCCCCCCCCCCCC[NH3+]. The van der Waals surface area contributed by atoms with Gasteiger partial charge in [0.2, 0.25) is 0 Å². The Bertz CT molecular complexity index is 282. The largest absolute Gasteiger partial charge is 0.550 e. The Balaban J connectivity index is 0. The molecule has 0 amide bonds. The molecule has 0 spiro atoms. The first-order valence-corrected chi connectivity index (χ1v) is 13.2. The Labute approximate surface area is 183 Å². The fourth-order valence-corrected chi connectivity index (χ4v) is 3.60. The van der Waals surface area contributed by atoms with Crippen LogP contribution in [-0.4, -0.2) is 12.5 Å². The highest BCUT2D eigenvalue weighted by Crippen LogP contribution is 2.12. The summed E-state index contributed by atoms with van der Waals surface area (Å²) in [7, 11) is 0. The van der Waals surface area contributed by atoms with E-state index in [1.165, 1.54) is 122 Å². The van der Waals surface area contributed by atoms with Crippen molar-refractivity contribution in [2.45, 2.75) is 155 Å². The molecule has 29 heavy (non-hydrogen) atoms. The van der Waals surface area contributed by atoms with Gasteiger partial charge in [-0.2, -0.15) is 0 Å². The number of hydrogen-bond acceptors (Lipinski definition) is 2. The van der Waals surface area contributed by atoms with Crippen molar-refractivity contribution < 1.29 is 15.6 Å². The van der Waals surface area contributed by atoms with Crippen LogP contribution in [0.1, 0.15) is 155 Å². The predicted molar refractivity (Wildman–Crippen MR) is 126 cm³/mol. The van der Waals surface area contributed by atoms with Crippen LogP contribution in [0.3, 0.4) is 0 Å². The van der Waals surface area contributed by atoms with Crippen LogP contribution in [0.5, 0.6) is 0 Å². The summed E-state index contributed by atoms with van der Waals surface area (Å²) >= 11 is 0. The zero-order valence-corrected chi connectivity index (χ0v) is 20.3. The van der Waals surface area contributed by atoms with E-state index in [9.17, 15) is 9.90 Å². The summed E-state index contributed by atoms with van der Waals surface area (Å²) in [6.45, 7) is 5.63. The lowest BCUT2D eigenvalue weighted by atomic mass is 10.1. The Morgan fingerprint density at radius 1 is 0.517 bits per heavy atom. The number of carbonyl (C=O) groups excluding carboxylic acids is 1. The van der Waals surface area contributed by atoms with Gasteiger partial charge in [-0.3, -0.25) is 0 Å². The lowest BCUT2D eigenvalue weighted by Crippen LogP contribution is -2.50. The second-order valence-electron chi connectivity index (χ2n) is 8.69. The molecule has 0 aliphatic carbocycles. The van der Waals surface area contributed by atoms with E-state index in [2.05, 4.69) is 19.6 Å². The normalized spacial score (nSPS) is 10.6. The number of carboxylic acids is 1. The molecule has 0 aliphatic rings. The first-order valence-electron chi connectivity index (χ1n) is 13.2. The van der Waals surface area contributed by atoms with Crippen molar-refractivity contribution in [3.05, 3.63) is 0 Å². The molecular weight excluding hydrogens is 358 g/mol. The molecule has 0 atom stereocenters. The molecule has 0 fully saturated rings. The van der Waals surface area contributed by atoms with E-state index in [-0.39, 0.29) is 6.42 Å². The van der Waals surface area contributed by atoms with E-state index in [4.69, 9.17) is 0 Å². The van der Waals surface area contributed by atoms with Gasteiger partial charge in [0.25, 0.3) is 0 Å². The van der Waals surface area contributed by atoms with Crippen LogP contribution in [0.2, 0.25) is 0 Å². The smallest absolute Gasteiger partial charge is 0.0739 e. The molecule has 0 aliphatic heterocycles. The van der Waals surface area contributed by atoms with Gasteiger partial charge >= 0.3 is 0 Å². The molecule has 0 rings (SSSR count). The van der Waals surface area contributed by atoms with Crippen LogP contribution in [-0.2, 0) is 4.79 Å². The van der Waals surface area contributed by atoms with Crippen LogP contribution < -0.4 is 10.8 Å². The lowest BCUT2D eigenvalue weighted by molar-refractivity contribution is -0.368. The van der Waals surface area contributed by atoms with Gasteiger partial charge in [-0.15, -0.1) is 0 Å². The van der Waals surface area contributed by atoms with Gasteiger partial charge in [-0.25, -0.2) is 0 Å².